The highest BCUT2D eigenvalue weighted by atomic mass is 35.5. The first-order valence-electron chi connectivity index (χ1n) is 8.21. The van der Waals surface area contributed by atoms with Crippen LogP contribution < -0.4 is 16.6 Å². The number of pyridine rings is 1. The Labute approximate surface area is 170 Å². The Bertz CT molecular complexity index is 1180. The number of aromatic amines is 1. The summed E-state index contributed by atoms with van der Waals surface area (Å²) in [5.74, 6) is -1.50. The zero-order valence-electron chi connectivity index (χ0n) is 14.8. The number of carbonyl (C=O) groups is 1. The van der Waals surface area contributed by atoms with Gasteiger partial charge in [-0.05, 0) is 23.8 Å². The summed E-state index contributed by atoms with van der Waals surface area (Å²) in [5, 5.41) is 7.18. The Balaban J connectivity index is 2.07. The predicted octanol–water partition coefficient (Wildman–Crippen LogP) is 3.40. The van der Waals surface area contributed by atoms with Gasteiger partial charge in [-0.3, -0.25) is 9.59 Å². The molecule has 0 aliphatic carbocycles. The number of halogens is 5. The van der Waals surface area contributed by atoms with E-state index in [0.717, 1.165) is 30.5 Å². The molecular weight excluding hydrogens is 430 g/mol. The monoisotopic (exact) mass is 441 g/mol. The van der Waals surface area contributed by atoms with Crippen molar-refractivity contribution in [3.05, 3.63) is 80.2 Å². The number of amides is 1. The smallest absolute Gasteiger partial charge is 0.398 e. The van der Waals surface area contributed by atoms with E-state index in [1.165, 1.54) is 6.07 Å². The number of anilines is 2. The second-order valence-corrected chi connectivity index (χ2v) is 6.53. The summed E-state index contributed by atoms with van der Waals surface area (Å²) in [7, 11) is 0. The third-order valence-corrected chi connectivity index (χ3v) is 4.24. The first-order valence-corrected chi connectivity index (χ1v) is 8.59. The van der Waals surface area contributed by atoms with E-state index in [1.54, 1.807) is 0 Å². The summed E-state index contributed by atoms with van der Waals surface area (Å²) in [5.41, 5.74) is 3.41. The fraction of sp³-hybridized carbons (Fsp3) is 0.111. The van der Waals surface area contributed by atoms with Gasteiger partial charge in [0.05, 0.1) is 28.2 Å². The van der Waals surface area contributed by atoms with Gasteiger partial charge in [0, 0.05) is 18.2 Å². The Kier molecular flexibility index (Phi) is 5.74. The quantitative estimate of drug-likeness (QED) is 0.424. The molecule has 3 aromatic rings. The molecule has 0 aliphatic heterocycles. The first kappa shape index (κ1) is 21.2. The summed E-state index contributed by atoms with van der Waals surface area (Å²) in [6, 6.07) is 5.20. The van der Waals surface area contributed by atoms with Crippen molar-refractivity contribution in [2.75, 3.05) is 11.1 Å². The van der Waals surface area contributed by atoms with Gasteiger partial charge in [-0.2, -0.15) is 18.3 Å². The number of benzene rings is 1. The van der Waals surface area contributed by atoms with E-state index in [4.69, 9.17) is 17.3 Å². The van der Waals surface area contributed by atoms with Gasteiger partial charge in [0.25, 0.3) is 11.5 Å². The van der Waals surface area contributed by atoms with Crippen molar-refractivity contribution in [2.45, 2.75) is 12.6 Å². The molecule has 3 rings (SSSR count). The fourth-order valence-electron chi connectivity index (χ4n) is 2.61. The molecule has 0 spiro atoms. The zero-order chi connectivity index (χ0) is 22.1. The number of nitrogens with two attached hydrogens (primary N) is 1. The molecule has 0 bridgehead atoms. The molecule has 12 heteroatoms. The van der Waals surface area contributed by atoms with Gasteiger partial charge < -0.3 is 11.1 Å². The van der Waals surface area contributed by atoms with Crippen LogP contribution in [0.1, 0.15) is 27.3 Å². The maximum Gasteiger partial charge on any atom is 0.434 e. The van der Waals surface area contributed by atoms with Crippen LogP contribution in [0.25, 0.3) is 0 Å². The summed E-state index contributed by atoms with van der Waals surface area (Å²) >= 11 is 5.71. The number of hydrogen-bond acceptors (Lipinski definition) is 5. The average molecular weight is 442 g/mol. The molecule has 7 nitrogen and oxygen atoms in total. The molecule has 0 saturated carbocycles. The maximum atomic E-state index is 13.3. The molecule has 1 aromatic carbocycles. The number of nitrogens with one attached hydrogen (secondary N) is 2. The highest BCUT2D eigenvalue weighted by Gasteiger charge is 2.36. The van der Waals surface area contributed by atoms with Crippen LogP contribution in [-0.4, -0.2) is 21.1 Å². The van der Waals surface area contributed by atoms with Crippen molar-refractivity contribution in [1.29, 1.82) is 0 Å². The number of alkyl halides is 3. The second-order valence-electron chi connectivity index (χ2n) is 6.12. The van der Waals surface area contributed by atoms with E-state index in [9.17, 15) is 27.2 Å². The van der Waals surface area contributed by atoms with Gasteiger partial charge in [0.1, 0.15) is 5.82 Å². The minimum absolute atomic E-state index is 0.00650. The van der Waals surface area contributed by atoms with Crippen molar-refractivity contribution >= 4 is 28.9 Å². The van der Waals surface area contributed by atoms with Crippen LogP contribution in [0, 0.1) is 5.82 Å². The molecule has 1 amide bonds. The van der Waals surface area contributed by atoms with Crippen molar-refractivity contribution in [3.8, 4) is 0 Å². The van der Waals surface area contributed by atoms with E-state index in [-0.39, 0.29) is 34.6 Å². The molecule has 0 unspecified atom stereocenters. The lowest BCUT2D eigenvalue weighted by molar-refractivity contribution is -0.141. The minimum Gasteiger partial charge on any atom is -0.398 e. The van der Waals surface area contributed by atoms with E-state index < -0.39 is 34.2 Å². The number of nitrogens with zero attached hydrogens (tertiary/aromatic N) is 2. The molecule has 4 N–H and O–H groups in total. The van der Waals surface area contributed by atoms with Crippen molar-refractivity contribution in [1.82, 2.24) is 15.2 Å². The highest BCUT2D eigenvalue weighted by Crippen LogP contribution is 2.35. The summed E-state index contributed by atoms with van der Waals surface area (Å²) in [6.45, 7) is 0. The van der Waals surface area contributed by atoms with Crippen LogP contribution in [-0.2, 0) is 12.6 Å². The van der Waals surface area contributed by atoms with Gasteiger partial charge in [-0.25, -0.2) is 14.5 Å². The molecule has 0 saturated heterocycles. The number of carbonyl (C=O) groups excluding carboxylic acids is 1. The molecule has 30 heavy (non-hydrogen) atoms. The number of nitrogen functional groups attached to an aromatic ring is 1. The zero-order valence-corrected chi connectivity index (χ0v) is 15.6. The van der Waals surface area contributed by atoms with Gasteiger partial charge in [-0.1, -0.05) is 17.7 Å². The topological polar surface area (TPSA) is 114 Å². The Hall–Kier alpha value is -3.47. The number of hydrogen-bond donors (Lipinski definition) is 3. The third kappa shape index (κ3) is 4.74. The van der Waals surface area contributed by atoms with E-state index in [0.29, 0.717) is 0 Å². The standard InChI is InChI=1S/C18H12ClF4N5O2/c19-12-6-11(17(30)26-10-5-15(29)28-25-7-10)14(27-16(12)18(21,22)23)3-8-1-2-9(20)4-13(8)24/h1-2,4-7H,3,24H2,(H2,26,28,29,30). The van der Waals surface area contributed by atoms with Crippen LogP contribution in [0.3, 0.4) is 0 Å². The largest absolute Gasteiger partial charge is 0.434 e. The summed E-state index contributed by atoms with van der Waals surface area (Å²) < 4.78 is 53.0. The normalized spacial score (nSPS) is 11.4. The SMILES string of the molecule is Nc1cc(F)ccc1Cc1nc(C(F)(F)F)c(Cl)cc1C(=O)Nc1cn[nH]c(=O)c1. The molecular formula is C18H12ClF4N5O2. The molecule has 156 valence electrons. The lowest BCUT2D eigenvalue weighted by Crippen LogP contribution is -2.20. The number of aromatic nitrogens is 3. The van der Waals surface area contributed by atoms with Crippen LogP contribution in [0.2, 0.25) is 5.02 Å². The van der Waals surface area contributed by atoms with Crippen molar-refractivity contribution < 1.29 is 22.4 Å². The lowest BCUT2D eigenvalue weighted by atomic mass is 10.0. The Morgan fingerprint density at radius 1 is 1.23 bits per heavy atom. The van der Waals surface area contributed by atoms with Gasteiger partial charge >= 0.3 is 6.18 Å². The molecule has 2 heterocycles. The number of rotatable bonds is 4. The molecule has 0 fully saturated rings. The van der Waals surface area contributed by atoms with Gasteiger partial charge in [-0.15, -0.1) is 0 Å². The maximum absolute atomic E-state index is 13.3. The van der Waals surface area contributed by atoms with Crippen LogP contribution in [0.4, 0.5) is 28.9 Å². The highest BCUT2D eigenvalue weighted by molar-refractivity contribution is 6.31. The van der Waals surface area contributed by atoms with E-state index in [1.807, 2.05) is 0 Å². The Morgan fingerprint density at radius 2 is 1.97 bits per heavy atom. The predicted molar refractivity (Wildman–Crippen MR) is 101 cm³/mol. The minimum atomic E-state index is -4.87. The van der Waals surface area contributed by atoms with E-state index >= 15 is 0 Å². The lowest BCUT2D eigenvalue weighted by Gasteiger charge is -2.15. The molecule has 0 aliphatic rings. The molecule has 0 radical (unpaired) electrons. The molecule has 2 aromatic heterocycles. The Morgan fingerprint density at radius 3 is 2.60 bits per heavy atom. The van der Waals surface area contributed by atoms with Crippen LogP contribution in [0.15, 0.2) is 41.3 Å². The van der Waals surface area contributed by atoms with Gasteiger partial charge in [0.2, 0.25) is 0 Å². The second kappa shape index (κ2) is 8.11. The summed E-state index contributed by atoms with van der Waals surface area (Å²) in [4.78, 5) is 27.5. The van der Waals surface area contributed by atoms with Crippen LogP contribution in [0.5, 0.6) is 0 Å². The van der Waals surface area contributed by atoms with Crippen LogP contribution >= 0.6 is 11.6 Å². The number of H-pyrrole nitrogens is 1. The summed E-state index contributed by atoms with van der Waals surface area (Å²) in [6.07, 6.45) is -4.04. The first-order chi connectivity index (χ1) is 14.0. The van der Waals surface area contributed by atoms with Crippen molar-refractivity contribution in [2.24, 2.45) is 0 Å². The van der Waals surface area contributed by atoms with Crippen molar-refractivity contribution in [3.63, 3.8) is 0 Å². The van der Waals surface area contributed by atoms with E-state index in [2.05, 4.69) is 20.5 Å². The average Bonchev–Trinajstić information content (AvgIpc) is 2.64. The fourth-order valence-corrected chi connectivity index (χ4v) is 2.87. The molecule has 0 atom stereocenters. The van der Waals surface area contributed by atoms with Gasteiger partial charge in [0.15, 0.2) is 5.69 Å². The third-order valence-electron chi connectivity index (χ3n) is 3.96.